The molecule has 1 atom stereocenters. The first-order chi connectivity index (χ1) is 8.20. The zero-order valence-corrected chi connectivity index (χ0v) is 11.2. The van der Waals surface area contributed by atoms with Gasteiger partial charge in [0.05, 0.1) is 5.52 Å². The smallest absolute Gasteiger partial charge is 0.147 e. The molecule has 1 fully saturated rings. The maximum Gasteiger partial charge on any atom is 0.147 e. The number of nitrogens with one attached hydrogen (secondary N) is 1. The van der Waals surface area contributed by atoms with E-state index in [1.807, 2.05) is 17.7 Å². The monoisotopic (exact) mass is 296 g/mol. The average molecular weight is 297 g/mol. The summed E-state index contributed by atoms with van der Waals surface area (Å²) in [7, 11) is 1.95. The molecule has 1 aliphatic rings. The van der Waals surface area contributed by atoms with Crippen molar-refractivity contribution < 1.29 is 4.39 Å². The Balaban J connectivity index is 2.28. The SMILES string of the molecule is Cn1c(C2CCNC2)c(Br)c2cccc(F)c21. The van der Waals surface area contributed by atoms with Gasteiger partial charge in [0.25, 0.3) is 0 Å². The Labute approximate surface area is 108 Å². The number of aromatic nitrogens is 1. The summed E-state index contributed by atoms with van der Waals surface area (Å²) in [6.45, 7) is 2.02. The molecule has 0 saturated carbocycles. The van der Waals surface area contributed by atoms with Gasteiger partial charge in [-0.15, -0.1) is 0 Å². The summed E-state index contributed by atoms with van der Waals surface area (Å²) in [6.07, 6.45) is 1.12. The van der Waals surface area contributed by atoms with Gasteiger partial charge in [-0.2, -0.15) is 0 Å². The lowest BCUT2D eigenvalue weighted by Gasteiger charge is -2.11. The molecule has 1 aromatic carbocycles. The molecule has 90 valence electrons. The summed E-state index contributed by atoms with van der Waals surface area (Å²) in [4.78, 5) is 0. The number of fused-ring (bicyclic) bond motifs is 1. The predicted molar refractivity (Wildman–Crippen MR) is 70.8 cm³/mol. The van der Waals surface area contributed by atoms with Gasteiger partial charge in [-0.05, 0) is 35.0 Å². The number of hydrogen-bond donors (Lipinski definition) is 1. The van der Waals surface area contributed by atoms with Crippen molar-refractivity contribution in [3.05, 3.63) is 34.2 Å². The first-order valence-electron chi connectivity index (χ1n) is 5.83. The Morgan fingerprint density at radius 3 is 2.94 bits per heavy atom. The quantitative estimate of drug-likeness (QED) is 0.855. The minimum absolute atomic E-state index is 0.150. The second-order valence-corrected chi connectivity index (χ2v) is 5.38. The van der Waals surface area contributed by atoms with Gasteiger partial charge in [0.2, 0.25) is 0 Å². The van der Waals surface area contributed by atoms with Crippen LogP contribution in [0.5, 0.6) is 0 Å². The van der Waals surface area contributed by atoms with Crippen molar-refractivity contribution >= 4 is 26.8 Å². The number of hydrogen-bond acceptors (Lipinski definition) is 1. The lowest BCUT2D eigenvalue weighted by molar-refractivity contribution is 0.624. The largest absolute Gasteiger partial charge is 0.344 e. The number of aryl methyl sites for hydroxylation is 1. The van der Waals surface area contributed by atoms with E-state index >= 15 is 0 Å². The molecule has 2 aromatic rings. The van der Waals surface area contributed by atoms with Gasteiger partial charge in [-0.1, -0.05) is 12.1 Å². The van der Waals surface area contributed by atoms with Crippen molar-refractivity contribution in [1.29, 1.82) is 0 Å². The van der Waals surface area contributed by atoms with Crippen LogP contribution in [-0.4, -0.2) is 17.7 Å². The minimum atomic E-state index is -0.150. The highest BCUT2D eigenvalue weighted by Crippen LogP contribution is 2.37. The maximum absolute atomic E-state index is 13.9. The fourth-order valence-corrected chi connectivity index (χ4v) is 3.69. The third kappa shape index (κ3) is 1.62. The van der Waals surface area contributed by atoms with E-state index in [-0.39, 0.29) is 5.82 Å². The van der Waals surface area contributed by atoms with Crippen molar-refractivity contribution in [3.8, 4) is 0 Å². The molecule has 1 aliphatic heterocycles. The Morgan fingerprint density at radius 1 is 1.47 bits per heavy atom. The highest BCUT2D eigenvalue weighted by Gasteiger charge is 2.25. The van der Waals surface area contributed by atoms with Gasteiger partial charge in [-0.3, -0.25) is 0 Å². The summed E-state index contributed by atoms with van der Waals surface area (Å²) in [5.41, 5.74) is 1.90. The molecule has 17 heavy (non-hydrogen) atoms. The highest BCUT2D eigenvalue weighted by molar-refractivity contribution is 9.10. The molecule has 0 radical (unpaired) electrons. The summed E-state index contributed by atoms with van der Waals surface area (Å²) in [5.74, 6) is 0.323. The zero-order chi connectivity index (χ0) is 12.0. The topological polar surface area (TPSA) is 17.0 Å². The van der Waals surface area contributed by atoms with Crippen molar-refractivity contribution in [2.75, 3.05) is 13.1 Å². The molecule has 1 unspecified atom stereocenters. The van der Waals surface area contributed by atoms with Gasteiger partial charge in [0, 0.05) is 35.1 Å². The fraction of sp³-hybridized carbons (Fsp3) is 0.385. The second-order valence-electron chi connectivity index (χ2n) is 4.58. The van der Waals surface area contributed by atoms with Crippen LogP contribution in [-0.2, 0) is 7.05 Å². The Bertz CT molecular complexity index is 570. The Kier molecular flexibility index (Phi) is 2.71. The van der Waals surface area contributed by atoms with E-state index < -0.39 is 0 Å². The fourth-order valence-electron chi connectivity index (χ4n) is 2.78. The summed E-state index contributed by atoms with van der Waals surface area (Å²) in [6, 6.07) is 5.25. The first kappa shape index (κ1) is 11.2. The standard InChI is InChI=1S/C13H14BrFN2/c1-17-12(8-5-6-16-7-8)11(14)9-3-2-4-10(15)13(9)17/h2-4,8,16H,5-7H2,1H3. The normalized spacial score (nSPS) is 20.3. The third-order valence-corrected chi connectivity index (χ3v) is 4.43. The predicted octanol–water partition coefficient (Wildman–Crippen LogP) is 3.16. The van der Waals surface area contributed by atoms with E-state index in [2.05, 4.69) is 21.2 Å². The van der Waals surface area contributed by atoms with Crippen molar-refractivity contribution in [3.63, 3.8) is 0 Å². The van der Waals surface area contributed by atoms with Crippen LogP contribution in [0.4, 0.5) is 4.39 Å². The molecular formula is C13H14BrFN2. The van der Waals surface area contributed by atoms with Crippen molar-refractivity contribution in [2.24, 2.45) is 7.05 Å². The minimum Gasteiger partial charge on any atom is -0.344 e. The van der Waals surface area contributed by atoms with E-state index in [4.69, 9.17) is 0 Å². The van der Waals surface area contributed by atoms with E-state index in [0.29, 0.717) is 11.4 Å². The van der Waals surface area contributed by atoms with E-state index in [0.717, 1.165) is 29.4 Å². The third-order valence-electron chi connectivity index (χ3n) is 3.59. The molecule has 1 aromatic heterocycles. The molecule has 1 N–H and O–H groups in total. The van der Waals surface area contributed by atoms with Gasteiger partial charge in [0.1, 0.15) is 5.82 Å². The van der Waals surface area contributed by atoms with Crippen molar-refractivity contribution in [1.82, 2.24) is 9.88 Å². The van der Waals surface area contributed by atoms with Crippen LogP contribution in [0.3, 0.4) is 0 Å². The molecule has 1 saturated heterocycles. The number of rotatable bonds is 1. The molecule has 0 bridgehead atoms. The Hall–Kier alpha value is -0.870. The lowest BCUT2D eigenvalue weighted by atomic mass is 10.0. The second kappa shape index (κ2) is 4.10. The average Bonchev–Trinajstić information content (AvgIpc) is 2.88. The van der Waals surface area contributed by atoms with Crippen LogP contribution in [0.15, 0.2) is 22.7 Å². The summed E-state index contributed by atoms with van der Waals surface area (Å²) < 4.78 is 16.9. The number of nitrogens with zero attached hydrogens (tertiary/aromatic N) is 1. The van der Waals surface area contributed by atoms with Gasteiger partial charge >= 0.3 is 0 Å². The van der Waals surface area contributed by atoms with Crippen LogP contribution in [0, 0.1) is 5.82 Å². The lowest BCUT2D eigenvalue weighted by Crippen LogP contribution is -2.10. The van der Waals surface area contributed by atoms with Crippen molar-refractivity contribution in [2.45, 2.75) is 12.3 Å². The molecule has 3 rings (SSSR count). The first-order valence-corrected chi connectivity index (χ1v) is 6.62. The molecule has 2 nitrogen and oxygen atoms in total. The molecule has 0 spiro atoms. The van der Waals surface area contributed by atoms with Gasteiger partial charge in [0.15, 0.2) is 0 Å². The maximum atomic E-state index is 13.9. The number of halogens is 2. The zero-order valence-electron chi connectivity index (χ0n) is 9.63. The summed E-state index contributed by atoms with van der Waals surface area (Å²) >= 11 is 3.63. The van der Waals surface area contributed by atoms with E-state index in [1.54, 1.807) is 6.07 Å². The van der Waals surface area contributed by atoms with Gasteiger partial charge in [-0.25, -0.2) is 4.39 Å². The molecule has 2 heterocycles. The van der Waals surface area contributed by atoms with E-state index in [1.165, 1.54) is 11.8 Å². The number of para-hydroxylation sites is 1. The van der Waals surface area contributed by atoms with Gasteiger partial charge < -0.3 is 9.88 Å². The van der Waals surface area contributed by atoms with Crippen LogP contribution >= 0.6 is 15.9 Å². The molecule has 4 heteroatoms. The number of benzene rings is 1. The van der Waals surface area contributed by atoms with Crippen LogP contribution in [0.1, 0.15) is 18.0 Å². The van der Waals surface area contributed by atoms with Crippen LogP contribution in [0.2, 0.25) is 0 Å². The van der Waals surface area contributed by atoms with Crippen LogP contribution in [0.25, 0.3) is 10.9 Å². The molecular weight excluding hydrogens is 283 g/mol. The Morgan fingerprint density at radius 2 is 2.29 bits per heavy atom. The highest BCUT2D eigenvalue weighted by atomic mass is 79.9. The molecule has 0 amide bonds. The van der Waals surface area contributed by atoms with E-state index in [9.17, 15) is 4.39 Å². The molecule has 0 aliphatic carbocycles. The summed E-state index contributed by atoms with van der Waals surface area (Å²) in [5, 5.41) is 4.32. The van der Waals surface area contributed by atoms with Crippen LogP contribution < -0.4 is 5.32 Å².